The van der Waals surface area contributed by atoms with E-state index in [1.807, 2.05) is 43.3 Å². The van der Waals surface area contributed by atoms with Gasteiger partial charge in [0, 0.05) is 10.0 Å². The zero-order chi connectivity index (χ0) is 14.4. The summed E-state index contributed by atoms with van der Waals surface area (Å²) in [7, 11) is 0. The third-order valence-electron chi connectivity index (χ3n) is 2.75. The van der Waals surface area contributed by atoms with Crippen molar-refractivity contribution >= 4 is 21.8 Å². The van der Waals surface area contributed by atoms with Gasteiger partial charge < -0.3 is 10.1 Å². The van der Waals surface area contributed by atoms with Gasteiger partial charge in [0.15, 0.2) is 0 Å². The summed E-state index contributed by atoms with van der Waals surface area (Å²) in [6, 6.07) is 15.1. The van der Waals surface area contributed by atoms with Crippen molar-refractivity contribution in [2.75, 3.05) is 13.2 Å². The number of ether oxygens (including phenoxy) is 1. The Morgan fingerprint density at radius 2 is 1.95 bits per heavy atom. The lowest BCUT2D eigenvalue weighted by molar-refractivity contribution is 0.0947. The summed E-state index contributed by atoms with van der Waals surface area (Å²) in [5.74, 6) is 0.730. The van der Waals surface area contributed by atoms with E-state index in [1.165, 1.54) is 0 Å². The molecule has 1 N–H and O–H groups in total. The van der Waals surface area contributed by atoms with Crippen molar-refractivity contribution in [1.82, 2.24) is 5.32 Å². The maximum absolute atomic E-state index is 11.8. The van der Waals surface area contributed by atoms with Gasteiger partial charge in [-0.05, 0) is 48.9 Å². The molecule has 0 aliphatic heterocycles. The third-order valence-corrected chi connectivity index (χ3v) is 3.28. The molecule has 1 amide bonds. The maximum atomic E-state index is 11.8. The molecule has 0 heterocycles. The fourth-order valence-corrected chi connectivity index (χ4v) is 2.01. The Morgan fingerprint density at radius 3 is 2.65 bits per heavy atom. The van der Waals surface area contributed by atoms with Crippen LogP contribution < -0.4 is 10.1 Å². The molecule has 2 aromatic rings. The smallest absolute Gasteiger partial charge is 0.251 e. The Kier molecular flexibility index (Phi) is 5.18. The van der Waals surface area contributed by atoms with Gasteiger partial charge in [0.2, 0.25) is 0 Å². The molecule has 104 valence electrons. The standard InChI is InChI=1S/C16H16BrNO2/c1-12-3-2-4-15(11-12)20-10-9-18-16(19)13-5-7-14(17)8-6-13/h2-8,11H,9-10H2,1H3,(H,18,19). The molecule has 0 aliphatic rings. The molecule has 0 aliphatic carbocycles. The molecule has 0 atom stereocenters. The summed E-state index contributed by atoms with van der Waals surface area (Å²) in [5, 5.41) is 2.82. The topological polar surface area (TPSA) is 38.3 Å². The number of carbonyl (C=O) groups is 1. The first-order chi connectivity index (χ1) is 9.65. The molecule has 0 spiro atoms. The second-order valence-corrected chi connectivity index (χ2v) is 5.34. The molecule has 4 heteroatoms. The van der Waals surface area contributed by atoms with E-state index in [2.05, 4.69) is 21.2 Å². The van der Waals surface area contributed by atoms with Gasteiger partial charge in [-0.1, -0.05) is 28.1 Å². The molecule has 0 saturated carbocycles. The number of carbonyl (C=O) groups excluding carboxylic acids is 1. The second kappa shape index (κ2) is 7.10. The van der Waals surface area contributed by atoms with Crippen LogP contribution in [0.1, 0.15) is 15.9 Å². The normalized spacial score (nSPS) is 10.1. The molecule has 0 bridgehead atoms. The van der Waals surface area contributed by atoms with Gasteiger partial charge >= 0.3 is 0 Å². The molecule has 0 radical (unpaired) electrons. The lowest BCUT2D eigenvalue weighted by Crippen LogP contribution is -2.28. The first kappa shape index (κ1) is 14.6. The van der Waals surface area contributed by atoms with Crippen LogP contribution in [0, 0.1) is 6.92 Å². The predicted octanol–water partition coefficient (Wildman–Crippen LogP) is 3.57. The van der Waals surface area contributed by atoms with E-state index in [1.54, 1.807) is 12.1 Å². The third kappa shape index (κ3) is 4.38. The molecular weight excluding hydrogens is 318 g/mol. The minimum Gasteiger partial charge on any atom is -0.492 e. The van der Waals surface area contributed by atoms with Crippen LogP contribution in [-0.2, 0) is 0 Å². The highest BCUT2D eigenvalue weighted by Crippen LogP contribution is 2.12. The average Bonchev–Trinajstić information content (AvgIpc) is 2.44. The summed E-state index contributed by atoms with van der Waals surface area (Å²) in [6.07, 6.45) is 0. The van der Waals surface area contributed by atoms with E-state index in [0.29, 0.717) is 18.7 Å². The number of hydrogen-bond acceptors (Lipinski definition) is 2. The number of rotatable bonds is 5. The van der Waals surface area contributed by atoms with Gasteiger partial charge in [-0.2, -0.15) is 0 Å². The molecule has 20 heavy (non-hydrogen) atoms. The Labute approximate surface area is 127 Å². The monoisotopic (exact) mass is 333 g/mol. The van der Waals surface area contributed by atoms with Crippen LogP contribution in [0.15, 0.2) is 53.0 Å². The Balaban J connectivity index is 1.76. The van der Waals surface area contributed by atoms with Crippen LogP contribution in [0.3, 0.4) is 0 Å². The summed E-state index contributed by atoms with van der Waals surface area (Å²) >= 11 is 3.34. The summed E-state index contributed by atoms with van der Waals surface area (Å²) < 4.78 is 6.53. The van der Waals surface area contributed by atoms with Crippen molar-refractivity contribution in [2.45, 2.75) is 6.92 Å². The van der Waals surface area contributed by atoms with Crippen molar-refractivity contribution in [1.29, 1.82) is 0 Å². The number of benzene rings is 2. The van der Waals surface area contributed by atoms with Crippen LogP contribution >= 0.6 is 15.9 Å². The molecule has 0 aromatic heterocycles. The van der Waals surface area contributed by atoms with Crippen LogP contribution in [0.2, 0.25) is 0 Å². The molecule has 2 rings (SSSR count). The van der Waals surface area contributed by atoms with E-state index in [-0.39, 0.29) is 5.91 Å². The molecule has 0 unspecified atom stereocenters. The van der Waals surface area contributed by atoms with Gasteiger partial charge in [0.25, 0.3) is 5.91 Å². The zero-order valence-electron chi connectivity index (χ0n) is 11.2. The van der Waals surface area contributed by atoms with Crippen molar-refractivity contribution in [3.63, 3.8) is 0 Å². The first-order valence-electron chi connectivity index (χ1n) is 6.38. The number of amides is 1. The summed E-state index contributed by atoms with van der Waals surface area (Å²) in [5.41, 5.74) is 1.80. The fraction of sp³-hybridized carbons (Fsp3) is 0.188. The van der Waals surface area contributed by atoms with Crippen molar-refractivity contribution in [3.8, 4) is 5.75 Å². The molecule has 0 saturated heterocycles. The van der Waals surface area contributed by atoms with E-state index in [0.717, 1.165) is 15.8 Å². The van der Waals surface area contributed by atoms with Gasteiger partial charge in [-0.25, -0.2) is 0 Å². The average molecular weight is 334 g/mol. The fourth-order valence-electron chi connectivity index (χ4n) is 1.74. The summed E-state index contributed by atoms with van der Waals surface area (Å²) in [4.78, 5) is 11.8. The minimum absolute atomic E-state index is 0.0923. The van der Waals surface area contributed by atoms with Crippen LogP contribution in [0.25, 0.3) is 0 Å². The van der Waals surface area contributed by atoms with E-state index in [4.69, 9.17) is 4.74 Å². The number of halogens is 1. The minimum atomic E-state index is -0.0923. The molecule has 3 nitrogen and oxygen atoms in total. The Bertz CT molecular complexity index is 581. The van der Waals surface area contributed by atoms with Crippen LogP contribution in [0.5, 0.6) is 5.75 Å². The number of aryl methyl sites for hydroxylation is 1. The number of nitrogens with one attached hydrogen (secondary N) is 1. The first-order valence-corrected chi connectivity index (χ1v) is 7.18. The SMILES string of the molecule is Cc1cccc(OCCNC(=O)c2ccc(Br)cc2)c1. The highest BCUT2D eigenvalue weighted by atomic mass is 79.9. The lowest BCUT2D eigenvalue weighted by Gasteiger charge is -2.08. The summed E-state index contributed by atoms with van der Waals surface area (Å²) in [6.45, 7) is 2.94. The Hall–Kier alpha value is -1.81. The van der Waals surface area contributed by atoms with Crippen molar-refractivity contribution < 1.29 is 9.53 Å². The van der Waals surface area contributed by atoms with E-state index in [9.17, 15) is 4.79 Å². The molecule has 0 fully saturated rings. The number of hydrogen-bond donors (Lipinski definition) is 1. The van der Waals surface area contributed by atoms with E-state index < -0.39 is 0 Å². The Morgan fingerprint density at radius 1 is 1.20 bits per heavy atom. The highest BCUT2D eigenvalue weighted by Gasteiger charge is 2.04. The molecular formula is C16H16BrNO2. The van der Waals surface area contributed by atoms with Crippen molar-refractivity contribution in [3.05, 3.63) is 64.1 Å². The largest absolute Gasteiger partial charge is 0.492 e. The van der Waals surface area contributed by atoms with Gasteiger partial charge in [-0.15, -0.1) is 0 Å². The van der Waals surface area contributed by atoms with Gasteiger partial charge in [0.1, 0.15) is 12.4 Å². The lowest BCUT2D eigenvalue weighted by atomic mass is 10.2. The van der Waals surface area contributed by atoms with Crippen LogP contribution in [-0.4, -0.2) is 19.1 Å². The zero-order valence-corrected chi connectivity index (χ0v) is 12.8. The van der Waals surface area contributed by atoms with Crippen LogP contribution in [0.4, 0.5) is 0 Å². The van der Waals surface area contributed by atoms with Gasteiger partial charge in [0.05, 0.1) is 6.54 Å². The highest BCUT2D eigenvalue weighted by molar-refractivity contribution is 9.10. The quantitative estimate of drug-likeness (QED) is 0.849. The molecule has 2 aromatic carbocycles. The van der Waals surface area contributed by atoms with E-state index >= 15 is 0 Å². The maximum Gasteiger partial charge on any atom is 0.251 e. The second-order valence-electron chi connectivity index (χ2n) is 4.43. The van der Waals surface area contributed by atoms with Gasteiger partial charge in [-0.3, -0.25) is 4.79 Å². The predicted molar refractivity (Wildman–Crippen MR) is 83.1 cm³/mol. The van der Waals surface area contributed by atoms with Crippen molar-refractivity contribution in [2.24, 2.45) is 0 Å².